The zero-order valence-corrected chi connectivity index (χ0v) is 12.5. The molecule has 0 amide bonds. The molecule has 4 nitrogen and oxygen atoms in total. The lowest BCUT2D eigenvalue weighted by molar-refractivity contribution is -0.129. The van der Waals surface area contributed by atoms with Crippen molar-refractivity contribution in [2.24, 2.45) is 5.73 Å². The molecule has 0 saturated carbocycles. The monoisotopic (exact) mass is 278 g/mol. The van der Waals surface area contributed by atoms with E-state index >= 15 is 0 Å². The normalized spacial score (nSPS) is 17.8. The van der Waals surface area contributed by atoms with Gasteiger partial charge in [-0.3, -0.25) is 0 Å². The van der Waals surface area contributed by atoms with Crippen LogP contribution < -0.4 is 10.6 Å². The zero-order chi connectivity index (χ0) is 14.4. The van der Waals surface area contributed by atoms with Crippen molar-refractivity contribution in [2.75, 3.05) is 37.7 Å². The second kappa shape index (κ2) is 7.62. The Balaban J connectivity index is 2.09. The van der Waals surface area contributed by atoms with Gasteiger partial charge >= 0.3 is 0 Å². The Bertz CT molecular complexity index is 405. The molecule has 0 radical (unpaired) electrons. The molecule has 1 aromatic rings. The van der Waals surface area contributed by atoms with Gasteiger partial charge in [0.05, 0.1) is 6.54 Å². The van der Waals surface area contributed by atoms with E-state index in [-0.39, 0.29) is 6.29 Å². The molecule has 4 heteroatoms. The molecule has 0 bridgehead atoms. The molecule has 1 aromatic carbocycles. The average Bonchev–Trinajstić information content (AvgIpc) is 2.79. The predicted octanol–water partition coefficient (Wildman–Crippen LogP) is 2.34. The highest BCUT2D eigenvalue weighted by molar-refractivity contribution is 5.60. The van der Waals surface area contributed by atoms with Gasteiger partial charge in [0, 0.05) is 31.4 Å². The summed E-state index contributed by atoms with van der Waals surface area (Å²) in [6.07, 6.45) is 0.872. The van der Waals surface area contributed by atoms with Crippen molar-refractivity contribution in [1.29, 1.82) is 0 Å². The third-order valence-electron chi connectivity index (χ3n) is 3.75. The van der Waals surface area contributed by atoms with Gasteiger partial charge in [0.2, 0.25) is 0 Å². The van der Waals surface area contributed by atoms with Gasteiger partial charge < -0.3 is 20.1 Å². The van der Waals surface area contributed by atoms with Gasteiger partial charge in [-0.25, -0.2) is 0 Å². The Hall–Kier alpha value is -1.10. The minimum atomic E-state index is -0.158. The lowest BCUT2D eigenvalue weighted by Crippen LogP contribution is -2.35. The second-order valence-corrected chi connectivity index (χ2v) is 5.08. The van der Waals surface area contributed by atoms with Crippen molar-refractivity contribution in [3.63, 3.8) is 0 Å². The van der Waals surface area contributed by atoms with Crippen LogP contribution in [-0.2, 0) is 9.47 Å². The van der Waals surface area contributed by atoms with Gasteiger partial charge in [-0.05, 0) is 38.4 Å². The van der Waals surface area contributed by atoms with E-state index < -0.39 is 0 Å². The maximum atomic E-state index is 5.74. The first kappa shape index (κ1) is 15.3. The molecule has 1 unspecified atom stereocenters. The quantitative estimate of drug-likeness (QED) is 0.742. The largest absolute Gasteiger partial charge is 0.366 e. The molecule has 2 rings (SSSR count). The molecule has 1 aliphatic rings. The summed E-state index contributed by atoms with van der Waals surface area (Å²) < 4.78 is 11.3. The molecule has 0 fully saturated rings. The van der Waals surface area contributed by atoms with Crippen LogP contribution in [0.25, 0.3) is 0 Å². The number of nitrogens with two attached hydrogens (primary N) is 1. The fourth-order valence-electron chi connectivity index (χ4n) is 2.91. The molecule has 20 heavy (non-hydrogen) atoms. The van der Waals surface area contributed by atoms with Gasteiger partial charge in [-0.1, -0.05) is 18.2 Å². The third kappa shape index (κ3) is 3.51. The van der Waals surface area contributed by atoms with E-state index in [0.717, 1.165) is 26.1 Å². The lowest BCUT2D eigenvalue weighted by Gasteiger charge is -2.26. The van der Waals surface area contributed by atoms with E-state index in [1.807, 2.05) is 13.8 Å². The summed E-state index contributed by atoms with van der Waals surface area (Å²) in [5.74, 6) is 0.528. The van der Waals surface area contributed by atoms with Crippen molar-refractivity contribution in [3.05, 3.63) is 29.8 Å². The van der Waals surface area contributed by atoms with Crippen LogP contribution in [0.3, 0.4) is 0 Å². The number of rotatable bonds is 8. The molecular weight excluding hydrogens is 252 g/mol. The maximum absolute atomic E-state index is 5.74. The minimum Gasteiger partial charge on any atom is -0.366 e. The highest BCUT2D eigenvalue weighted by atomic mass is 16.7. The summed E-state index contributed by atoms with van der Waals surface area (Å²) in [6, 6.07) is 8.59. The number of nitrogens with zero attached hydrogens (tertiary/aromatic N) is 1. The fourth-order valence-corrected chi connectivity index (χ4v) is 2.91. The summed E-state index contributed by atoms with van der Waals surface area (Å²) in [5.41, 5.74) is 8.45. The third-order valence-corrected chi connectivity index (χ3v) is 3.75. The van der Waals surface area contributed by atoms with Crippen LogP contribution >= 0.6 is 0 Å². The molecule has 0 aliphatic carbocycles. The van der Waals surface area contributed by atoms with Crippen LogP contribution in [0.5, 0.6) is 0 Å². The number of hydrogen-bond acceptors (Lipinski definition) is 4. The molecule has 1 aliphatic heterocycles. The van der Waals surface area contributed by atoms with Crippen molar-refractivity contribution in [2.45, 2.75) is 32.5 Å². The van der Waals surface area contributed by atoms with Crippen LogP contribution in [0.15, 0.2) is 24.3 Å². The number of hydrogen-bond donors (Lipinski definition) is 1. The summed E-state index contributed by atoms with van der Waals surface area (Å²) in [4.78, 5) is 2.37. The summed E-state index contributed by atoms with van der Waals surface area (Å²) in [5, 5.41) is 0. The Kier molecular flexibility index (Phi) is 5.83. The second-order valence-electron chi connectivity index (χ2n) is 5.08. The van der Waals surface area contributed by atoms with Gasteiger partial charge in [-0.15, -0.1) is 0 Å². The number of benzene rings is 1. The first-order valence-corrected chi connectivity index (χ1v) is 7.57. The van der Waals surface area contributed by atoms with Gasteiger partial charge in [-0.2, -0.15) is 0 Å². The predicted molar refractivity (Wildman–Crippen MR) is 82.1 cm³/mol. The van der Waals surface area contributed by atoms with E-state index in [1.54, 1.807) is 0 Å². The number of fused-ring (bicyclic) bond motifs is 1. The summed E-state index contributed by atoms with van der Waals surface area (Å²) in [7, 11) is 0. The first-order valence-electron chi connectivity index (χ1n) is 7.57. The standard InChI is InChI=1S/C16H26N2O2/c1-3-19-16(20-4-2)12-18-11-13(9-10-17)14-7-5-6-8-15(14)18/h5-8,13,16H,3-4,9-12,17H2,1-2H3. The zero-order valence-electron chi connectivity index (χ0n) is 12.5. The Morgan fingerprint density at radius 1 is 1.25 bits per heavy atom. The van der Waals surface area contributed by atoms with Crippen LogP contribution in [0.2, 0.25) is 0 Å². The van der Waals surface area contributed by atoms with Crippen molar-refractivity contribution < 1.29 is 9.47 Å². The molecule has 1 atom stereocenters. The molecule has 112 valence electrons. The van der Waals surface area contributed by atoms with E-state index in [0.29, 0.717) is 19.1 Å². The van der Waals surface area contributed by atoms with Crippen LogP contribution in [0.4, 0.5) is 5.69 Å². The van der Waals surface area contributed by atoms with E-state index in [1.165, 1.54) is 11.3 Å². The highest BCUT2D eigenvalue weighted by Gasteiger charge is 2.29. The first-order chi connectivity index (χ1) is 9.80. The summed E-state index contributed by atoms with van der Waals surface area (Å²) in [6.45, 7) is 7.86. The van der Waals surface area contributed by atoms with Gasteiger partial charge in [0.1, 0.15) is 0 Å². The van der Waals surface area contributed by atoms with Crippen molar-refractivity contribution >= 4 is 5.69 Å². The molecule has 0 saturated heterocycles. The van der Waals surface area contributed by atoms with Crippen LogP contribution in [0, 0.1) is 0 Å². The topological polar surface area (TPSA) is 47.7 Å². The van der Waals surface area contributed by atoms with E-state index in [4.69, 9.17) is 15.2 Å². The Labute approximate surface area is 121 Å². The van der Waals surface area contributed by atoms with Crippen LogP contribution in [-0.4, -0.2) is 39.1 Å². The smallest absolute Gasteiger partial charge is 0.174 e. The van der Waals surface area contributed by atoms with Gasteiger partial charge in [0.25, 0.3) is 0 Å². The molecule has 2 N–H and O–H groups in total. The lowest BCUT2D eigenvalue weighted by atomic mass is 9.98. The number of para-hydroxylation sites is 1. The fraction of sp³-hybridized carbons (Fsp3) is 0.625. The maximum Gasteiger partial charge on any atom is 0.174 e. The Morgan fingerprint density at radius 2 is 1.95 bits per heavy atom. The number of ether oxygens (including phenoxy) is 2. The Morgan fingerprint density at radius 3 is 2.60 bits per heavy atom. The molecule has 0 spiro atoms. The SMILES string of the molecule is CCOC(CN1CC(CCN)c2ccccc21)OCC. The number of anilines is 1. The van der Waals surface area contributed by atoms with Crippen molar-refractivity contribution in [3.8, 4) is 0 Å². The molecule has 0 aromatic heterocycles. The molecular formula is C16H26N2O2. The van der Waals surface area contributed by atoms with Crippen molar-refractivity contribution in [1.82, 2.24) is 0 Å². The van der Waals surface area contributed by atoms with Gasteiger partial charge in [0.15, 0.2) is 6.29 Å². The minimum absolute atomic E-state index is 0.158. The average molecular weight is 278 g/mol. The van der Waals surface area contributed by atoms with E-state index in [2.05, 4.69) is 29.2 Å². The van der Waals surface area contributed by atoms with Crippen LogP contribution in [0.1, 0.15) is 31.7 Å². The van der Waals surface area contributed by atoms with E-state index in [9.17, 15) is 0 Å². The molecule has 1 heterocycles. The summed E-state index contributed by atoms with van der Waals surface area (Å²) >= 11 is 0. The highest BCUT2D eigenvalue weighted by Crippen LogP contribution is 2.37.